The van der Waals surface area contributed by atoms with Crippen molar-refractivity contribution in [3.8, 4) is 11.3 Å². The second kappa shape index (κ2) is 11.7. The number of likely N-dealkylation sites (N-methyl/N-ethyl adjacent to an activating group) is 1. The van der Waals surface area contributed by atoms with Gasteiger partial charge in [0.25, 0.3) is 0 Å². The molecule has 2 fully saturated rings. The molecular formula is C25H34N6O3S. The molecule has 1 saturated carbocycles. The van der Waals surface area contributed by atoms with E-state index >= 15 is 0 Å². The van der Waals surface area contributed by atoms with Crippen molar-refractivity contribution in [2.75, 3.05) is 18.9 Å². The van der Waals surface area contributed by atoms with Gasteiger partial charge in [0.2, 0.25) is 17.7 Å². The number of carbonyl (C=O) groups is 3. The lowest BCUT2D eigenvalue weighted by Gasteiger charge is -2.35. The van der Waals surface area contributed by atoms with E-state index in [4.69, 9.17) is 0 Å². The zero-order chi connectivity index (χ0) is 24.8. The highest BCUT2D eigenvalue weighted by atomic mass is 32.1. The van der Waals surface area contributed by atoms with E-state index in [1.165, 1.54) is 0 Å². The van der Waals surface area contributed by atoms with E-state index in [1.54, 1.807) is 18.9 Å². The van der Waals surface area contributed by atoms with Crippen LogP contribution in [0.15, 0.2) is 30.3 Å². The van der Waals surface area contributed by atoms with Crippen LogP contribution in [0.1, 0.15) is 51.9 Å². The Kier molecular flexibility index (Phi) is 8.46. The summed E-state index contributed by atoms with van der Waals surface area (Å²) in [5, 5.41) is 13.7. The molecule has 9 nitrogen and oxygen atoms in total. The molecular weight excluding hydrogens is 464 g/mol. The Morgan fingerprint density at radius 2 is 1.80 bits per heavy atom. The van der Waals surface area contributed by atoms with Crippen molar-refractivity contribution < 1.29 is 14.4 Å². The smallest absolute Gasteiger partial charge is 0.247 e. The molecule has 35 heavy (non-hydrogen) atoms. The van der Waals surface area contributed by atoms with Crippen molar-refractivity contribution in [1.29, 1.82) is 0 Å². The van der Waals surface area contributed by atoms with E-state index in [1.807, 2.05) is 30.3 Å². The van der Waals surface area contributed by atoms with Gasteiger partial charge >= 0.3 is 0 Å². The monoisotopic (exact) mass is 498 g/mol. The van der Waals surface area contributed by atoms with Crippen molar-refractivity contribution in [2.45, 2.75) is 70.0 Å². The fourth-order valence-electron chi connectivity index (χ4n) is 4.99. The summed E-state index contributed by atoms with van der Waals surface area (Å²) in [6.45, 7) is 2.28. The molecule has 0 radical (unpaired) electrons. The van der Waals surface area contributed by atoms with Gasteiger partial charge in [0.1, 0.15) is 22.8 Å². The van der Waals surface area contributed by atoms with E-state index < -0.39 is 18.1 Å². The molecule has 188 valence electrons. The van der Waals surface area contributed by atoms with Crippen LogP contribution < -0.4 is 16.0 Å². The fraction of sp³-hybridized carbons (Fsp3) is 0.560. The van der Waals surface area contributed by atoms with E-state index in [0.29, 0.717) is 23.7 Å². The Bertz CT molecular complexity index is 1020. The van der Waals surface area contributed by atoms with Crippen molar-refractivity contribution in [1.82, 2.24) is 25.1 Å². The molecule has 3 N–H and O–H groups in total. The highest BCUT2D eigenvalue weighted by molar-refractivity contribution is 7.10. The highest BCUT2D eigenvalue weighted by Gasteiger charge is 2.41. The van der Waals surface area contributed by atoms with Crippen LogP contribution >= 0.6 is 11.5 Å². The summed E-state index contributed by atoms with van der Waals surface area (Å²) in [5.41, 5.74) is 1.49. The number of rotatable bonds is 8. The van der Waals surface area contributed by atoms with Crippen LogP contribution in [0.25, 0.3) is 11.3 Å². The van der Waals surface area contributed by atoms with Crippen molar-refractivity contribution >= 4 is 34.3 Å². The van der Waals surface area contributed by atoms with Gasteiger partial charge in [-0.3, -0.25) is 14.4 Å². The largest absolute Gasteiger partial charge is 0.343 e. The predicted octanol–water partition coefficient (Wildman–Crippen LogP) is 2.81. The molecule has 3 atom stereocenters. The van der Waals surface area contributed by atoms with Crippen LogP contribution in [0, 0.1) is 5.92 Å². The summed E-state index contributed by atoms with van der Waals surface area (Å²) in [4.78, 5) is 41.5. The lowest BCUT2D eigenvalue weighted by atomic mass is 9.83. The average molecular weight is 499 g/mol. The molecule has 10 heteroatoms. The van der Waals surface area contributed by atoms with Gasteiger partial charge in [-0.15, -0.1) is 5.10 Å². The van der Waals surface area contributed by atoms with Crippen LogP contribution in [-0.2, 0) is 14.4 Å². The first-order chi connectivity index (χ1) is 17.0. The highest BCUT2D eigenvalue weighted by Crippen LogP contribution is 2.31. The maximum Gasteiger partial charge on any atom is 0.247 e. The third kappa shape index (κ3) is 5.87. The number of nitrogens with one attached hydrogen (secondary N) is 3. The molecule has 1 aliphatic heterocycles. The van der Waals surface area contributed by atoms with Crippen molar-refractivity contribution in [3.05, 3.63) is 30.3 Å². The van der Waals surface area contributed by atoms with Gasteiger partial charge in [0, 0.05) is 23.6 Å². The minimum absolute atomic E-state index is 0.0870. The second-order valence-corrected chi connectivity index (χ2v) is 10.1. The SMILES string of the molecule is CN[C@@H](C)C(=O)N[C@H](C(=O)N1CCC[C@@H]1C(=O)Nc1snnc1-c1ccccc1)C1CCCCC1. The van der Waals surface area contributed by atoms with E-state index in [2.05, 4.69) is 25.5 Å². The average Bonchev–Trinajstić information content (AvgIpc) is 3.57. The van der Waals surface area contributed by atoms with E-state index in [9.17, 15) is 14.4 Å². The summed E-state index contributed by atoms with van der Waals surface area (Å²) < 4.78 is 4.02. The third-order valence-corrected chi connectivity index (χ3v) is 7.76. The fourth-order valence-corrected chi connectivity index (χ4v) is 5.59. The summed E-state index contributed by atoms with van der Waals surface area (Å²) in [6.07, 6.45) is 6.40. The molecule has 2 aromatic rings. The number of hydrogen-bond donors (Lipinski definition) is 3. The number of likely N-dealkylation sites (tertiary alicyclic amines) is 1. The van der Waals surface area contributed by atoms with Gasteiger partial charge in [-0.2, -0.15) is 0 Å². The number of carbonyl (C=O) groups excluding carboxylic acids is 3. The summed E-state index contributed by atoms with van der Waals surface area (Å²) in [7, 11) is 1.72. The van der Waals surface area contributed by atoms with E-state index in [0.717, 1.165) is 55.6 Å². The first-order valence-electron chi connectivity index (χ1n) is 12.5. The van der Waals surface area contributed by atoms with Crippen LogP contribution in [0.4, 0.5) is 5.00 Å². The van der Waals surface area contributed by atoms with Crippen LogP contribution in [0.2, 0.25) is 0 Å². The molecule has 2 aliphatic rings. The van der Waals surface area contributed by atoms with Crippen LogP contribution in [0.3, 0.4) is 0 Å². The Balaban J connectivity index is 1.50. The maximum absolute atomic E-state index is 13.8. The van der Waals surface area contributed by atoms with Gasteiger partial charge in [-0.25, -0.2) is 0 Å². The number of benzene rings is 1. The quantitative estimate of drug-likeness (QED) is 0.515. The molecule has 0 unspecified atom stereocenters. The normalized spacial score (nSPS) is 20.3. The van der Waals surface area contributed by atoms with Gasteiger partial charge in [-0.1, -0.05) is 54.1 Å². The van der Waals surface area contributed by atoms with Gasteiger partial charge < -0.3 is 20.9 Å². The van der Waals surface area contributed by atoms with Gasteiger partial charge in [0.05, 0.1) is 6.04 Å². The number of nitrogens with zero attached hydrogens (tertiary/aromatic N) is 3. The molecule has 1 aliphatic carbocycles. The number of aromatic nitrogens is 2. The molecule has 0 bridgehead atoms. The van der Waals surface area contributed by atoms with Crippen molar-refractivity contribution in [2.24, 2.45) is 5.92 Å². The van der Waals surface area contributed by atoms with E-state index in [-0.39, 0.29) is 23.6 Å². The zero-order valence-electron chi connectivity index (χ0n) is 20.3. The Hall–Kier alpha value is -2.85. The third-order valence-electron chi connectivity index (χ3n) is 7.12. The minimum Gasteiger partial charge on any atom is -0.343 e. The van der Waals surface area contributed by atoms with Crippen LogP contribution in [0.5, 0.6) is 0 Å². The standard InChI is InChI=1S/C25H34N6O3S/c1-16(26-2)22(32)27-21(18-12-7-4-8-13-18)25(34)31-15-9-14-19(31)23(33)28-24-20(29-30-35-24)17-10-5-3-6-11-17/h3,5-6,10-11,16,18-19,21,26H,4,7-9,12-15H2,1-2H3,(H,27,32)(H,28,33)/t16-,19+,21-/m0/s1. The first-order valence-corrected chi connectivity index (χ1v) is 13.2. The summed E-state index contributed by atoms with van der Waals surface area (Å²) in [5.74, 6) is -0.503. The second-order valence-electron chi connectivity index (χ2n) is 9.39. The lowest BCUT2D eigenvalue weighted by Crippen LogP contribution is -2.57. The maximum atomic E-state index is 13.8. The number of amides is 3. The predicted molar refractivity (Wildman–Crippen MR) is 136 cm³/mol. The molecule has 4 rings (SSSR count). The molecule has 3 amide bonds. The topological polar surface area (TPSA) is 116 Å². The molecule has 1 saturated heterocycles. The van der Waals surface area contributed by atoms with Gasteiger partial charge in [-0.05, 0) is 45.6 Å². The Morgan fingerprint density at radius 1 is 1.06 bits per heavy atom. The minimum atomic E-state index is -0.614. The molecule has 2 heterocycles. The number of anilines is 1. The Labute approximate surface area is 210 Å². The van der Waals surface area contributed by atoms with Gasteiger partial charge in [0.15, 0.2) is 0 Å². The molecule has 1 aromatic heterocycles. The lowest BCUT2D eigenvalue weighted by molar-refractivity contribution is -0.142. The first kappa shape index (κ1) is 25.2. The van der Waals surface area contributed by atoms with Crippen molar-refractivity contribution in [3.63, 3.8) is 0 Å². The molecule has 1 aromatic carbocycles. The zero-order valence-corrected chi connectivity index (χ0v) is 21.1. The Morgan fingerprint density at radius 3 is 2.51 bits per heavy atom. The molecule has 0 spiro atoms. The number of hydrogen-bond acceptors (Lipinski definition) is 7. The summed E-state index contributed by atoms with van der Waals surface area (Å²) >= 11 is 1.12. The summed E-state index contributed by atoms with van der Waals surface area (Å²) in [6, 6.07) is 7.97. The van der Waals surface area contributed by atoms with Crippen LogP contribution in [-0.4, -0.2) is 63.9 Å².